The summed E-state index contributed by atoms with van der Waals surface area (Å²) in [5.74, 6) is 0.291. The second kappa shape index (κ2) is 10.4. The van der Waals surface area contributed by atoms with Crippen LogP contribution >= 0.6 is 0 Å². The average Bonchev–Trinajstić information content (AvgIpc) is 2.94. The molecule has 2 amide bonds. The summed E-state index contributed by atoms with van der Waals surface area (Å²) in [6.45, 7) is 1.93. The lowest BCUT2D eigenvalue weighted by Crippen LogP contribution is -2.38. The number of esters is 1. The molecule has 1 aliphatic heterocycles. The summed E-state index contributed by atoms with van der Waals surface area (Å²) in [4.78, 5) is 38.0. The van der Waals surface area contributed by atoms with E-state index >= 15 is 0 Å². The van der Waals surface area contributed by atoms with Crippen molar-refractivity contribution in [1.82, 2.24) is 4.90 Å². The highest BCUT2D eigenvalue weighted by atomic mass is 16.5. The van der Waals surface area contributed by atoms with Gasteiger partial charge in [0.15, 0.2) is 6.10 Å². The van der Waals surface area contributed by atoms with Gasteiger partial charge < -0.3 is 19.7 Å². The molecule has 1 unspecified atom stereocenters. The van der Waals surface area contributed by atoms with Crippen LogP contribution in [0.15, 0.2) is 54.6 Å². The molecule has 1 fully saturated rings. The number of para-hydroxylation sites is 1. The highest BCUT2D eigenvalue weighted by Crippen LogP contribution is 2.22. The van der Waals surface area contributed by atoms with Crippen molar-refractivity contribution in [1.29, 1.82) is 0 Å². The molecule has 30 heavy (non-hydrogen) atoms. The van der Waals surface area contributed by atoms with Gasteiger partial charge in [-0.25, -0.2) is 0 Å². The molecule has 2 aromatic rings. The molecular weight excluding hydrogens is 384 g/mol. The molecule has 158 valence electrons. The van der Waals surface area contributed by atoms with E-state index in [-0.39, 0.29) is 12.5 Å². The van der Waals surface area contributed by atoms with E-state index in [1.807, 2.05) is 30.3 Å². The molecule has 1 aliphatic rings. The van der Waals surface area contributed by atoms with E-state index in [2.05, 4.69) is 5.32 Å². The number of carbonyl (C=O) groups excluding carboxylic acids is 3. The quantitative estimate of drug-likeness (QED) is 0.703. The van der Waals surface area contributed by atoms with Crippen molar-refractivity contribution < 1.29 is 23.9 Å². The molecule has 0 spiro atoms. The van der Waals surface area contributed by atoms with E-state index < -0.39 is 18.0 Å². The van der Waals surface area contributed by atoms with Crippen LogP contribution in [0.3, 0.4) is 0 Å². The fourth-order valence-electron chi connectivity index (χ4n) is 3.12. The second-order valence-corrected chi connectivity index (χ2v) is 7.19. The van der Waals surface area contributed by atoms with Crippen molar-refractivity contribution >= 4 is 23.5 Å². The highest BCUT2D eigenvalue weighted by molar-refractivity contribution is 5.95. The SMILES string of the molecule is CC(OC(=O)CN1CCCCCC1=O)C(=O)Nc1ccc(Oc2ccccc2)cc1. The second-order valence-electron chi connectivity index (χ2n) is 7.19. The van der Waals surface area contributed by atoms with Crippen LogP contribution in [0, 0.1) is 0 Å². The summed E-state index contributed by atoms with van der Waals surface area (Å²) < 4.78 is 10.9. The van der Waals surface area contributed by atoms with Crippen LogP contribution in [-0.2, 0) is 19.1 Å². The number of anilines is 1. The maximum atomic E-state index is 12.3. The zero-order chi connectivity index (χ0) is 21.3. The topological polar surface area (TPSA) is 84.9 Å². The Morgan fingerprint density at radius 3 is 2.43 bits per heavy atom. The Labute approximate surface area is 176 Å². The number of amides is 2. The van der Waals surface area contributed by atoms with Gasteiger partial charge in [0.1, 0.15) is 18.0 Å². The number of hydrogen-bond donors (Lipinski definition) is 1. The molecule has 7 heteroatoms. The predicted octanol–water partition coefficient (Wildman–Crippen LogP) is 3.75. The highest BCUT2D eigenvalue weighted by Gasteiger charge is 2.23. The normalized spacial score (nSPS) is 15.1. The van der Waals surface area contributed by atoms with E-state index in [1.165, 1.54) is 11.8 Å². The summed E-state index contributed by atoms with van der Waals surface area (Å²) in [5, 5.41) is 2.71. The van der Waals surface area contributed by atoms with Crippen molar-refractivity contribution in [2.24, 2.45) is 0 Å². The summed E-state index contributed by atoms with van der Waals surface area (Å²) in [6.07, 6.45) is 2.18. The fraction of sp³-hybridized carbons (Fsp3) is 0.348. The smallest absolute Gasteiger partial charge is 0.326 e. The summed E-state index contributed by atoms with van der Waals surface area (Å²) in [5.41, 5.74) is 0.561. The molecule has 2 aromatic carbocycles. The first-order valence-electron chi connectivity index (χ1n) is 10.1. The number of rotatable bonds is 7. The molecule has 1 atom stereocenters. The zero-order valence-corrected chi connectivity index (χ0v) is 17.0. The van der Waals surface area contributed by atoms with Crippen LogP contribution in [0.1, 0.15) is 32.6 Å². The van der Waals surface area contributed by atoms with Crippen LogP contribution in [0.2, 0.25) is 0 Å². The molecule has 0 aromatic heterocycles. The van der Waals surface area contributed by atoms with Gasteiger partial charge >= 0.3 is 5.97 Å². The van der Waals surface area contributed by atoms with E-state index in [9.17, 15) is 14.4 Å². The maximum Gasteiger partial charge on any atom is 0.326 e. The monoisotopic (exact) mass is 410 g/mol. The lowest BCUT2D eigenvalue weighted by atomic mass is 10.2. The summed E-state index contributed by atoms with van der Waals surface area (Å²) in [7, 11) is 0. The van der Waals surface area contributed by atoms with Gasteiger partial charge in [-0.1, -0.05) is 24.6 Å². The lowest BCUT2D eigenvalue weighted by Gasteiger charge is -2.20. The van der Waals surface area contributed by atoms with Crippen LogP contribution in [0.5, 0.6) is 11.5 Å². The molecule has 0 radical (unpaired) electrons. The van der Waals surface area contributed by atoms with E-state index in [0.717, 1.165) is 25.0 Å². The molecular formula is C23H26N2O5. The van der Waals surface area contributed by atoms with Crippen molar-refractivity contribution in [2.75, 3.05) is 18.4 Å². The third kappa shape index (κ3) is 6.34. The Morgan fingerprint density at radius 2 is 1.70 bits per heavy atom. The van der Waals surface area contributed by atoms with Crippen LogP contribution in [0.25, 0.3) is 0 Å². The first kappa shape index (κ1) is 21.4. The zero-order valence-electron chi connectivity index (χ0n) is 17.0. The molecule has 7 nitrogen and oxygen atoms in total. The average molecular weight is 410 g/mol. The van der Waals surface area contributed by atoms with Crippen LogP contribution in [0.4, 0.5) is 5.69 Å². The largest absolute Gasteiger partial charge is 0.457 e. The standard InChI is InChI=1S/C23H26N2O5/c1-17(29-22(27)16-25-15-7-3-6-10-21(25)26)23(28)24-18-11-13-20(14-12-18)30-19-8-4-2-5-9-19/h2,4-5,8-9,11-14,17H,3,6-7,10,15-16H2,1H3,(H,24,28). The van der Waals surface area contributed by atoms with E-state index in [1.54, 1.807) is 24.3 Å². The number of likely N-dealkylation sites (tertiary alicyclic amines) is 1. The predicted molar refractivity (Wildman–Crippen MR) is 112 cm³/mol. The maximum absolute atomic E-state index is 12.3. The van der Waals surface area contributed by atoms with Crippen molar-refractivity contribution in [2.45, 2.75) is 38.7 Å². The fourth-order valence-corrected chi connectivity index (χ4v) is 3.12. The Morgan fingerprint density at radius 1 is 1.00 bits per heavy atom. The lowest BCUT2D eigenvalue weighted by molar-refractivity contribution is -0.156. The van der Waals surface area contributed by atoms with Crippen molar-refractivity contribution in [3.05, 3.63) is 54.6 Å². The van der Waals surface area contributed by atoms with Gasteiger partial charge in [-0.15, -0.1) is 0 Å². The third-order valence-electron chi connectivity index (χ3n) is 4.77. The summed E-state index contributed by atoms with van der Waals surface area (Å²) >= 11 is 0. The number of nitrogens with zero attached hydrogens (tertiary/aromatic N) is 1. The Kier molecular flexibility index (Phi) is 7.43. The van der Waals surface area contributed by atoms with Gasteiger partial charge in [-0.2, -0.15) is 0 Å². The number of hydrogen-bond acceptors (Lipinski definition) is 5. The molecule has 1 saturated heterocycles. The molecule has 1 heterocycles. The summed E-state index contributed by atoms with van der Waals surface area (Å²) in [6, 6.07) is 16.3. The molecule has 0 saturated carbocycles. The molecule has 0 aliphatic carbocycles. The van der Waals surface area contributed by atoms with Gasteiger partial charge in [-0.3, -0.25) is 14.4 Å². The van der Waals surface area contributed by atoms with E-state index in [4.69, 9.17) is 9.47 Å². The van der Waals surface area contributed by atoms with Crippen molar-refractivity contribution in [3.8, 4) is 11.5 Å². The minimum atomic E-state index is -0.972. The molecule has 3 rings (SSSR count). The van der Waals surface area contributed by atoms with Crippen molar-refractivity contribution in [3.63, 3.8) is 0 Å². The Bertz CT molecular complexity index is 867. The molecule has 1 N–H and O–H groups in total. The minimum absolute atomic E-state index is 0.0423. The Hall–Kier alpha value is -3.35. The van der Waals surface area contributed by atoms with Gasteiger partial charge in [-0.05, 0) is 56.2 Å². The Balaban J connectivity index is 1.47. The molecule has 0 bridgehead atoms. The first-order chi connectivity index (χ1) is 14.5. The number of ether oxygens (including phenoxy) is 2. The van der Waals surface area contributed by atoms with Gasteiger partial charge in [0.25, 0.3) is 5.91 Å². The first-order valence-corrected chi connectivity index (χ1v) is 10.1. The van der Waals surface area contributed by atoms with Crippen LogP contribution < -0.4 is 10.1 Å². The van der Waals surface area contributed by atoms with Gasteiger partial charge in [0, 0.05) is 18.7 Å². The third-order valence-corrected chi connectivity index (χ3v) is 4.77. The number of nitrogens with one attached hydrogen (secondary N) is 1. The number of carbonyl (C=O) groups is 3. The van der Waals surface area contributed by atoms with E-state index in [0.29, 0.717) is 24.4 Å². The van der Waals surface area contributed by atoms with Crippen LogP contribution in [-0.4, -0.2) is 41.9 Å². The van der Waals surface area contributed by atoms with Gasteiger partial charge in [0.2, 0.25) is 5.91 Å². The minimum Gasteiger partial charge on any atom is -0.457 e. The van der Waals surface area contributed by atoms with Gasteiger partial charge in [0.05, 0.1) is 0 Å². The number of benzene rings is 2.